The summed E-state index contributed by atoms with van der Waals surface area (Å²) in [6, 6.07) is -0.358. The van der Waals surface area contributed by atoms with E-state index < -0.39 is 11.5 Å². The van der Waals surface area contributed by atoms with Crippen molar-refractivity contribution in [3.8, 4) is 0 Å². The lowest BCUT2D eigenvalue weighted by molar-refractivity contribution is -0.148. The molecule has 1 aliphatic rings. The number of carboxylic acid groups (broad SMARTS) is 1. The standard InChI is InChI=1S/C14H24N2O5/c1-6-16(14(3,4)12(18)19)13(20)15-7-9(2)10(8-15)11(17)21-5/h9-10H,6-8H2,1-5H3,(H,18,19). The van der Waals surface area contributed by atoms with Gasteiger partial charge >= 0.3 is 18.0 Å². The Hall–Kier alpha value is -1.79. The maximum Gasteiger partial charge on any atom is 0.329 e. The Morgan fingerprint density at radius 1 is 1.33 bits per heavy atom. The lowest BCUT2D eigenvalue weighted by Gasteiger charge is -2.37. The Labute approximate surface area is 124 Å². The first-order valence-electron chi connectivity index (χ1n) is 7.04. The number of esters is 1. The molecular formula is C14H24N2O5. The molecule has 1 N–H and O–H groups in total. The van der Waals surface area contributed by atoms with E-state index in [1.54, 1.807) is 6.92 Å². The summed E-state index contributed by atoms with van der Waals surface area (Å²) in [5.41, 5.74) is -1.29. The molecule has 1 rings (SSSR count). The minimum atomic E-state index is -1.29. The van der Waals surface area contributed by atoms with Crippen LogP contribution in [0, 0.1) is 11.8 Å². The van der Waals surface area contributed by atoms with Crippen molar-refractivity contribution in [3.63, 3.8) is 0 Å². The first-order chi connectivity index (χ1) is 9.66. The molecular weight excluding hydrogens is 276 g/mol. The molecule has 1 saturated heterocycles. The van der Waals surface area contributed by atoms with Crippen LogP contribution in [0.2, 0.25) is 0 Å². The lowest BCUT2D eigenvalue weighted by atomic mass is 9.99. The number of carbonyl (C=O) groups is 3. The second-order valence-corrected chi connectivity index (χ2v) is 5.90. The van der Waals surface area contributed by atoms with Crippen molar-refractivity contribution in [2.75, 3.05) is 26.7 Å². The van der Waals surface area contributed by atoms with E-state index in [2.05, 4.69) is 0 Å². The summed E-state index contributed by atoms with van der Waals surface area (Å²) < 4.78 is 4.74. The number of hydrogen-bond donors (Lipinski definition) is 1. The zero-order valence-electron chi connectivity index (χ0n) is 13.3. The Kier molecular flexibility index (Phi) is 5.20. The van der Waals surface area contributed by atoms with E-state index in [0.29, 0.717) is 6.54 Å². The van der Waals surface area contributed by atoms with E-state index in [9.17, 15) is 19.5 Å². The molecule has 2 atom stereocenters. The summed E-state index contributed by atoms with van der Waals surface area (Å²) in [7, 11) is 1.32. The number of carbonyl (C=O) groups excluding carboxylic acids is 2. The molecule has 0 aromatic carbocycles. The van der Waals surface area contributed by atoms with Crippen LogP contribution in [0.15, 0.2) is 0 Å². The molecule has 2 unspecified atom stereocenters. The lowest BCUT2D eigenvalue weighted by Crippen LogP contribution is -2.56. The highest BCUT2D eigenvalue weighted by atomic mass is 16.5. The zero-order chi connectivity index (χ0) is 16.4. The molecule has 7 nitrogen and oxygen atoms in total. The van der Waals surface area contributed by atoms with Crippen molar-refractivity contribution < 1.29 is 24.2 Å². The van der Waals surface area contributed by atoms with E-state index in [0.717, 1.165) is 0 Å². The number of rotatable bonds is 4. The van der Waals surface area contributed by atoms with Gasteiger partial charge in [-0.1, -0.05) is 6.92 Å². The zero-order valence-corrected chi connectivity index (χ0v) is 13.3. The third-order valence-electron chi connectivity index (χ3n) is 4.13. The molecule has 1 aliphatic heterocycles. The second-order valence-electron chi connectivity index (χ2n) is 5.90. The highest BCUT2D eigenvalue weighted by molar-refractivity contribution is 5.86. The molecule has 7 heteroatoms. The van der Waals surface area contributed by atoms with Crippen molar-refractivity contribution in [1.29, 1.82) is 0 Å². The van der Waals surface area contributed by atoms with E-state index in [-0.39, 0.29) is 36.9 Å². The van der Waals surface area contributed by atoms with Gasteiger partial charge in [0, 0.05) is 19.6 Å². The summed E-state index contributed by atoms with van der Waals surface area (Å²) in [5, 5.41) is 9.28. The number of amides is 2. The molecule has 1 heterocycles. The van der Waals surface area contributed by atoms with Crippen LogP contribution in [-0.2, 0) is 14.3 Å². The normalized spacial score (nSPS) is 22.0. The van der Waals surface area contributed by atoms with Gasteiger partial charge in [0.25, 0.3) is 0 Å². The van der Waals surface area contributed by atoms with Gasteiger partial charge in [-0.3, -0.25) is 4.79 Å². The highest BCUT2D eigenvalue weighted by Crippen LogP contribution is 2.27. The Bertz CT molecular complexity index is 435. The average molecular weight is 300 g/mol. The highest BCUT2D eigenvalue weighted by Gasteiger charge is 2.43. The van der Waals surface area contributed by atoms with Gasteiger partial charge < -0.3 is 19.6 Å². The van der Waals surface area contributed by atoms with Crippen LogP contribution < -0.4 is 0 Å². The summed E-state index contributed by atoms with van der Waals surface area (Å²) in [5.74, 6) is -1.76. The number of ether oxygens (including phenoxy) is 1. The van der Waals surface area contributed by atoms with Gasteiger partial charge in [-0.05, 0) is 26.7 Å². The summed E-state index contributed by atoms with van der Waals surface area (Å²) in [6.07, 6.45) is 0. The molecule has 120 valence electrons. The number of methoxy groups -OCH3 is 1. The minimum absolute atomic E-state index is 0.00644. The Balaban J connectivity index is 2.89. The first kappa shape index (κ1) is 17.3. The van der Waals surface area contributed by atoms with E-state index >= 15 is 0 Å². The predicted molar refractivity (Wildman–Crippen MR) is 75.7 cm³/mol. The molecule has 0 spiro atoms. The van der Waals surface area contributed by atoms with Crippen LogP contribution in [0.1, 0.15) is 27.7 Å². The summed E-state index contributed by atoms with van der Waals surface area (Å²) in [6.45, 7) is 7.57. The summed E-state index contributed by atoms with van der Waals surface area (Å²) >= 11 is 0. The topological polar surface area (TPSA) is 87.2 Å². The largest absolute Gasteiger partial charge is 0.480 e. The molecule has 0 aliphatic carbocycles. The van der Waals surface area contributed by atoms with Gasteiger partial charge in [0.2, 0.25) is 0 Å². The van der Waals surface area contributed by atoms with E-state index in [1.165, 1.54) is 30.8 Å². The van der Waals surface area contributed by atoms with Crippen LogP contribution in [0.4, 0.5) is 4.79 Å². The van der Waals surface area contributed by atoms with Gasteiger partial charge in [0.1, 0.15) is 5.54 Å². The molecule has 0 bridgehead atoms. The van der Waals surface area contributed by atoms with E-state index in [4.69, 9.17) is 4.74 Å². The number of carboxylic acids is 1. The molecule has 1 fully saturated rings. The molecule has 2 amide bonds. The third kappa shape index (κ3) is 3.28. The number of nitrogens with zero attached hydrogens (tertiary/aromatic N) is 2. The molecule has 0 aromatic heterocycles. The van der Waals surface area contributed by atoms with Crippen molar-refractivity contribution in [3.05, 3.63) is 0 Å². The van der Waals surface area contributed by atoms with E-state index in [1.807, 2.05) is 6.92 Å². The van der Waals surface area contributed by atoms with Crippen molar-refractivity contribution in [1.82, 2.24) is 9.80 Å². The van der Waals surface area contributed by atoms with Gasteiger partial charge in [-0.25, -0.2) is 9.59 Å². The fourth-order valence-electron chi connectivity index (χ4n) is 2.64. The molecule has 0 radical (unpaired) electrons. The number of likely N-dealkylation sites (tertiary alicyclic amines) is 1. The minimum Gasteiger partial charge on any atom is -0.480 e. The van der Waals surface area contributed by atoms with Crippen LogP contribution in [0.3, 0.4) is 0 Å². The number of urea groups is 1. The van der Waals surface area contributed by atoms with Gasteiger partial charge in [0.05, 0.1) is 13.0 Å². The fourth-order valence-corrected chi connectivity index (χ4v) is 2.64. The number of hydrogen-bond acceptors (Lipinski definition) is 4. The smallest absolute Gasteiger partial charge is 0.329 e. The van der Waals surface area contributed by atoms with Gasteiger partial charge in [0.15, 0.2) is 0 Å². The van der Waals surface area contributed by atoms with Crippen LogP contribution in [0.5, 0.6) is 0 Å². The first-order valence-corrected chi connectivity index (χ1v) is 7.04. The molecule has 21 heavy (non-hydrogen) atoms. The van der Waals surface area contributed by atoms with Crippen molar-refractivity contribution in [2.45, 2.75) is 33.2 Å². The monoisotopic (exact) mass is 300 g/mol. The molecule has 0 saturated carbocycles. The summed E-state index contributed by atoms with van der Waals surface area (Å²) in [4.78, 5) is 38.4. The molecule has 0 aromatic rings. The SMILES string of the molecule is CCN(C(=O)N1CC(C)C(C(=O)OC)C1)C(C)(C)C(=O)O. The quantitative estimate of drug-likeness (QED) is 0.784. The Morgan fingerprint density at radius 2 is 1.90 bits per heavy atom. The maximum absolute atomic E-state index is 12.6. The Morgan fingerprint density at radius 3 is 2.33 bits per heavy atom. The van der Waals surface area contributed by atoms with Crippen LogP contribution in [0.25, 0.3) is 0 Å². The maximum atomic E-state index is 12.6. The van der Waals surface area contributed by atoms with Crippen LogP contribution >= 0.6 is 0 Å². The second kappa shape index (κ2) is 6.32. The van der Waals surface area contributed by atoms with Gasteiger partial charge in [-0.15, -0.1) is 0 Å². The predicted octanol–water partition coefficient (Wildman–Crippen LogP) is 1.03. The third-order valence-corrected chi connectivity index (χ3v) is 4.13. The number of aliphatic carboxylic acids is 1. The van der Waals surface area contributed by atoms with Gasteiger partial charge in [-0.2, -0.15) is 0 Å². The van der Waals surface area contributed by atoms with Crippen LogP contribution in [-0.4, -0.2) is 65.2 Å². The van der Waals surface area contributed by atoms with Crippen molar-refractivity contribution in [2.24, 2.45) is 11.8 Å². The number of likely N-dealkylation sites (N-methyl/N-ethyl adjacent to an activating group) is 1. The van der Waals surface area contributed by atoms with Crippen molar-refractivity contribution >= 4 is 18.0 Å². The fraction of sp³-hybridized carbons (Fsp3) is 0.786. The average Bonchev–Trinajstić information content (AvgIpc) is 2.80.